The number of carbonyl (C=O) groups excluding carboxylic acids is 5. The minimum absolute atomic E-state index is 0.144. The van der Waals surface area contributed by atoms with Crippen LogP contribution in [0.3, 0.4) is 0 Å². The number of aryl methyl sites for hydroxylation is 1. The quantitative estimate of drug-likeness (QED) is 0.294. The molecule has 0 aromatic heterocycles. The van der Waals surface area contributed by atoms with E-state index in [1.165, 1.54) is 14.2 Å². The van der Waals surface area contributed by atoms with Gasteiger partial charge >= 0.3 is 0 Å². The van der Waals surface area contributed by atoms with Crippen LogP contribution in [0.25, 0.3) is 0 Å². The lowest BCUT2D eigenvalue weighted by Gasteiger charge is -2.28. The molecule has 3 rings (SSSR count). The summed E-state index contributed by atoms with van der Waals surface area (Å²) in [6.07, 6.45) is 1.84. The minimum Gasteiger partial charge on any atom is -0.493 e. The second-order valence-electron chi connectivity index (χ2n) is 12.9. The van der Waals surface area contributed by atoms with Crippen molar-refractivity contribution in [3.05, 3.63) is 59.7 Å². The van der Waals surface area contributed by atoms with E-state index in [4.69, 9.17) is 14.2 Å². The van der Waals surface area contributed by atoms with Gasteiger partial charge in [0.05, 0.1) is 7.11 Å². The number of carbonyl (C=O) groups is 5. The fourth-order valence-electron chi connectivity index (χ4n) is 5.15. The zero-order chi connectivity index (χ0) is 36.0. The van der Waals surface area contributed by atoms with E-state index in [9.17, 15) is 24.0 Å². The number of ether oxygens (including phenoxy) is 3. The highest BCUT2D eigenvalue weighted by Gasteiger charge is 2.34. The molecule has 5 amide bonds. The molecule has 1 heterocycles. The smallest absolute Gasteiger partial charge is 0.257 e. The maximum absolute atomic E-state index is 13.8. The first kappa shape index (κ1) is 38.8. The van der Waals surface area contributed by atoms with Crippen molar-refractivity contribution in [2.24, 2.45) is 5.92 Å². The highest BCUT2D eigenvalue weighted by Crippen LogP contribution is 2.28. The van der Waals surface area contributed by atoms with Crippen molar-refractivity contribution in [2.75, 3.05) is 33.9 Å². The molecule has 13 heteroatoms. The monoisotopic (exact) mass is 681 g/mol. The maximum Gasteiger partial charge on any atom is 0.257 e. The first-order valence-electron chi connectivity index (χ1n) is 16.7. The molecule has 0 radical (unpaired) electrons. The molecule has 2 aromatic carbocycles. The van der Waals surface area contributed by atoms with Gasteiger partial charge in [0, 0.05) is 26.6 Å². The number of rotatable bonds is 7. The lowest BCUT2D eigenvalue weighted by molar-refractivity contribution is -0.143. The highest BCUT2D eigenvalue weighted by atomic mass is 16.5. The van der Waals surface area contributed by atoms with Gasteiger partial charge in [0.15, 0.2) is 18.1 Å². The Hall–Kier alpha value is -4.65. The zero-order valence-corrected chi connectivity index (χ0v) is 29.4. The lowest BCUT2D eigenvalue weighted by atomic mass is 10.00. The van der Waals surface area contributed by atoms with Gasteiger partial charge in [-0.1, -0.05) is 50.2 Å². The second-order valence-corrected chi connectivity index (χ2v) is 12.9. The Morgan fingerprint density at radius 3 is 2.33 bits per heavy atom. The molecule has 0 fully saturated rings. The fourth-order valence-corrected chi connectivity index (χ4v) is 5.15. The predicted molar refractivity (Wildman–Crippen MR) is 184 cm³/mol. The zero-order valence-electron chi connectivity index (χ0n) is 29.4. The molecular weight excluding hydrogens is 630 g/mol. The van der Waals surface area contributed by atoms with Gasteiger partial charge in [-0.2, -0.15) is 0 Å². The van der Waals surface area contributed by atoms with E-state index in [2.05, 4.69) is 26.6 Å². The second kappa shape index (κ2) is 18.8. The number of hydrogen-bond donors (Lipinski definition) is 5. The Labute approximate surface area is 288 Å². The standard InChI is InChI=1S/C36H51N5O8/c1-23(2)31-34(45)38-19-10-14-25-16-17-28(47-5)29(21-25)49-22-30(42)37-18-11-15-26(40-35(46)36(3,4)48-6)32(43)39-27(33(44)41-31)20-24-12-8-7-9-13-24/h7-9,12-13,16-17,21,23,26-27,31H,10-11,14-15,18-20,22H2,1-6H3,(H,37,42)(H,38,45)(H,39,43)(H,40,46)(H,41,44)/t26-,27-,31+/m0/s1. The molecule has 0 saturated carbocycles. The van der Waals surface area contributed by atoms with E-state index < -0.39 is 41.4 Å². The van der Waals surface area contributed by atoms with Crippen LogP contribution >= 0.6 is 0 Å². The van der Waals surface area contributed by atoms with E-state index in [1.807, 2.05) is 50.2 Å². The summed E-state index contributed by atoms with van der Waals surface area (Å²) in [5.74, 6) is -1.72. The number of benzene rings is 2. The molecule has 13 nitrogen and oxygen atoms in total. The van der Waals surface area contributed by atoms with Crippen LogP contribution in [0.2, 0.25) is 0 Å². The van der Waals surface area contributed by atoms with Gasteiger partial charge in [0.1, 0.15) is 23.7 Å². The van der Waals surface area contributed by atoms with Crippen LogP contribution in [0.15, 0.2) is 48.5 Å². The van der Waals surface area contributed by atoms with E-state index >= 15 is 0 Å². The van der Waals surface area contributed by atoms with E-state index in [0.717, 1.165) is 11.1 Å². The Balaban J connectivity index is 1.91. The topological polar surface area (TPSA) is 173 Å². The molecule has 0 aliphatic carbocycles. The summed E-state index contributed by atoms with van der Waals surface area (Å²) in [4.78, 5) is 66.7. The molecule has 0 saturated heterocycles. The van der Waals surface area contributed by atoms with Crippen molar-refractivity contribution in [3.63, 3.8) is 0 Å². The molecule has 0 unspecified atom stereocenters. The Kier molecular flexibility index (Phi) is 14.9. The molecule has 0 spiro atoms. The third-order valence-corrected chi connectivity index (χ3v) is 8.36. The van der Waals surface area contributed by atoms with Gasteiger partial charge in [-0.3, -0.25) is 24.0 Å². The van der Waals surface area contributed by atoms with Crippen molar-refractivity contribution in [1.29, 1.82) is 0 Å². The van der Waals surface area contributed by atoms with Gasteiger partial charge in [-0.05, 0) is 68.7 Å². The first-order valence-corrected chi connectivity index (χ1v) is 16.7. The summed E-state index contributed by atoms with van der Waals surface area (Å²) < 4.78 is 16.5. The minimum atomic E-state index is -1.23. The normalized spacial score (nSPS) is 20.7. The van der Waals surface area contributed by atoms with Crippen LogP contribution in [-0.4, -0.2) is 87.2 Å². The van der Waals surface area contributed by atoms with Crippen molar-refractivity contribution in [1.82, 2.24) is 26.6 Å². The van der Waals surface area contributed by atoms with E-state index in [1.54, 1.807) is 26.0 Å². The SMILES string of the molecule is COc1ccc2cc1OCC(=O)NCCC[C@H](NC(=O)C(C)(C)OC)C(=O)N[C@@H](Cc1ccccc1)C(=O)N[C@H](C(C)C)C(=O)NCCC2. The predicted octanol–water partition coefficient (Wildman–Crippen LogP) is 1.81. The average molecular weight is 682 g/mol. The molecule has 3 atom stereocenters. The van der Waals surface area contributed by atoms with Crippen LogP contribution in [0.5, 0.6) is 11.5 Å². The number of fused-ring (bicyclic) bond motifs is 2. The van der Waals surface area contributed by atoms with Crippen LogP contribution in [-0.2, 0) is 41.6 Å². The Bertz CT molecular complexity index is 1430. The van der Waals surface area contributed by atoms with Gasteiger partial charge in [-0.15, -0.1) is 0 Å². The molecule has 268 valence electrons. The molecule has 1 aliphatic rings. The van der Waals surface area contributed by atoms with Gasteiger partial charge < -0.3 is 40.8 Å². The van der Waals surface area contributed by atoms with Gasteiger partial charge in [0.25, 0.3) is 11.8 Å². The summed E-state index contributed by atoms with van der Waals surface area (Å²) in [7, 11) is 2.90. The van der Waals surface area contributed by atoms with Crippen molar-refractivity contribution >= 4 is 29.5 Å². The van der Waals surface area contributed by atoms with Crippen LogP contribution in [0.4, 0.5) is 0 Å². The average Bonchev–Trinajstić information content (AvgIpc) is 3.08. The van der Waals surface area contributed by atoms with E-state index in [0.29, 0.717) is 37.3 Å². The summed E-state index contributed by atoms with van der Waals surface area (Å²) in [6.45, 7) is 7.11. The molecule has 1 aliphatic heterocycles. The first-order chi connectivity index (χ1) is 23.3. The maximum atomic E-state index is 13.8. The molecule has 2 bridgehead atoms. The molecular formula is C36H51N5O8. The summed E-state index contributed by atoms with van der Waals surface area (Å²) in [5, 5.41) is 14.1. The van der Waals surface area contributed by atoms with Crippen LogP contribution in [0.1, 0.15) is 58.1 Å². The largest absolute Gasteiger partial charge is 0.493 e. The van der Waals surface area contributed by atoms with Crippen molar-refractivity contribution in [3.8, 4) is 11.5 Å². The van der Waals surface area contributed by atoms with Crippen molar-refractivity contribution < 1.29 is 38.2 Å². The summed E-state index contributed by atoms with van der Waals surface area (Å²) >= 11 is 0. The van der Waals surface area contributed by atoms with Crippen LogP contribution in [0, 0.1) is 5.92 Å². The van der Waals surface area contributed by atoms with Gasteiger partial charge in [0.2, 0.25) is 17.7 Å². The molecule has 5 N–H and O–H groups in total. The Morgan fingerprint density at radius 2 is 1.65 bits per heavy atom. The molecule has 49 heavy (non-hydrogen) atoms. The van der Waals surface area contributed by atoms with E-state index in [-0.39, 0.29) is 43.7 Å². The highest BCUT2D eigenvalue weighted by molar-refractivity contribution is 5.95. The number of amides is 5. The fraction of sp³-hybridized carbons (Fsp3) is 0.528. The third-order valence-electron chi connectivity index (χ3n) is 8.36. The summed E-state index contributed by atoms with van der Waals surface area (Å²) in [6, 6.07) is 11.7. The number of methoxy groups -OCH3 is 2. The van der Waals surface area contributed by atoms with Crippen LogP contribution < -0.4 is 36.1 Å². The third kappa shape index (κ3) is 12.1. The summed E-state index contributed by atoms with van der Waals surface area (Å²) in [5.41, 5.74) is 0.497. The van der Waals surface area contributed by atoms with Gasteiger partial charge in [-0.25, -0.2) is 0 Å². The lowest BCUT2D eigenvalue weighted by Crippen LogP contribution is -2.59. The number of hydrogen-bond acceptors (Lipinski definition) is 8. The molecule has 2 aromatic rings. The number of nitrogens with one attached hydrogen (secondary N) is 5. The Morgan fingerprint density at radius 1 is 0.939 bits per heavy atom. The van der Waals surface area contributed by atoms with Crippen molar-refractivity contribution in [2.45, 2.75) is 83.5 Å².